The molecule has 0 unspecified atom stereocenters. The molecular formula is C18H13ClF3N5O2. The van der Waals surface area contributed by atoms with Gasteiger partial charge in [0, 0.05) is 23.9 Å². The first-order valence-corrected chi connectivity index (χ1v) is 8.48. The number of hydrogen-bond donors (Lipinski definition) is 2. The fraction of sp³-hybridized carbons (Fsp3) is 0.111. The maximum Gasteiger partial charge on any atom is 0.573 e. The molecule has 3 rings (SSSR count). The molecule has 0 aliphatic heterocycles. The zero-order valence-corrected chi connectivity index (χ0v) is 15.5. The van der Waals surface area contributed by atoms with Crippen LogP contribution in [-0.4, -0.2) is 27.2 Å². The Labute approximate surface area is 167 Å². The number of aromatic nitrogens is 3. The number of ether oxygens (including phenoxy) is 1. The van der Waals surface area contributed by atoms with Gasteiger partial charge in [-0.25, -0.2) is 0 Å². The molecule has 0 aliphatic carbocycles. The van der Waals surface area contributed by atoms with Crippen molar-refractivity contribution in [1.82, 2.24) is 15.0 Å². The van der Waals surface area contributed by atoms with Gasteiger partial charge in [0.15, 0.2) is 5.82 Å². The van der Waals surface area contributed by atoms with Crippen molar-refractivity contribution in [2.45, 2.75) is 13.3 Å². The number of nitrogens with zero attached hydrogens (tertiary/aromatic N) is 3. The minimum atomic E-state index is -4.76. The highest BCUT2D eigenvalue weighted by molar-refractivity contribution is 6.28. The fourth-order valence-electron chi connectivity index (χ4n) is 2.31. The molecule has 0 radical (unpaired) electrons. The van der Waals surface area contributed by atoms with Crippen LogP contribution in [-0.2, 0) is 4.79 Å². The van der Waals surface area contributed by atoms with E-state index in [1.807, 2.05) is 0 Å². The van der Waals surface area contributed by atoms with Gasteiger partial charge < -0.3 is 15.4 Å². The molecule has 0 aliphatic rings. The van der Waals surface area contributed by atoms with Crippen LogP contribution in [0.25, 0.3) is 11.4 Å². The van der Waals surface area contributed by atoms with Crippen molar-refractivity contribution >= 4 is 34.8 Å². The van der Waals surface area contributed by atoms with Gasteiger partial charge >= 0.3 is 6.36 Å². The Balaban J connectivity index is 1.78. The minimum absolute atomic E-state index is 0.0690. The van der Waals surface area contributed by atoms with Crippen molar-refractivity contribution in [2.24, 2.45) is 0 Å². The summed E-state index contributed by atoms with van der Waals surface area (Å²) in [5.41, 5.74) is 1.66. The molecule has 1 amide bonds. The van der Waals surface area contributed by atoms with Crippen molar-refractivity contribution in [3.8, 4) is 17.1 Å². The van der Waals surface area contributed by atoms with Crippen molar-refractivity contribution in [1.29, 1.82) is 0 Å². The van der Waals surface area contributed by atoms with Crippen LogP contribution in [0.5, 0.6) is 5.75 Å². The number of benzene rings is 2. The molecule has 2 N–H and O–H groups in total. The van der Waals surface area contributed by atoms with Crippen LogP contribution in [0.1, 0.15) is 6.92 Å². The molecule has 1 heterocycles. The van der Waals surface area contributed by atoms with Gasteiger partial charge in [0.25, 0.3) is 0 Å². The molecule has 0 atom stereocenters. The van der Waals surface area contributed by atoms with Gasteiger partial charge in [-0.1, -0.05) is 0 Å². The van der Waals surface area contributed by atoms with Crippen LogP contribution in [0.15, 0.2) is 48.5 Å². The summed E-state index contributed by atoms with van der Waals surface area (Å²) in [4.78, 5) is 23.4. The van der Waals surface area contributed by atoms with E-state index in [1.165, 1.54) is 19.1 Å². The van der Waals surface area contributed by atoms with Crippen molar-refractivity contribution in [2.75, 3.05) is 10.6 Å². The molecule has 150 valence electrons. The number of rotatable bonds is 5. The molecule has 1 aromatic heterocycles. The summed E-state index contributed by atoms with van der Waals surface area (Å²) >= 11 is 5.96. The Bertz CT molecular complexity index is 1010. The predicted octanol–water partition coefficient (Wildman–Crippen LogP) is 4.79. The summed E-state index contributed by atoms with van der Waals surface area (Å²) in [7, 11) is 0. The van der Waals surface area contributed by atoms with Crippen LogP contribution in [0.4, 0.5) is 30.5 Å². The van der Waals surface area contributed by atoms with Crippen molar-refractivity contribution in [3.05, 3.63) is 53.8 Å². The average molecular weight is 424 g/mol. The first-order chi connectivity index (χ1) is 13.7. The molecule has 0 saturated heterocycles. The summed E-state index contributed by atoms with van der Waals surface area (Å²) in [6.07, 6.45) is -4.76. The maximum absolute atomic E-state index is 12.2. The lowest BCUT2D eigenvalue weighted by atomic mass is 10.2. The standard InChI is InChI=1S/C18H13ClF3N5O2/c1-10(28)23-12-4-2-11(3-5-12)15-25-16(19)27-17(26-15)24-13-6-8-14(9-7-13)29-18(20,21)22/h2-9H,1H3,(H,23,28)(H,24,25,26,27). The Morgan fingerprint density at radius 1 is 0.966 bits per heavy atom. The van der Waals surface area contributed by atoms with Gasteiger partial charge in [-0.05, 0) is 60.1 Å². The van der Waals surface area contributed by atoms with E-state index in [0.717, 1.165) is 12.1 Å². The molecule has 29 heavy (non-hydrogen) atoms. The lowest BCUT2D eigenvalue weighted by molar-refractivity contribution is -0.274. The smallest absolute Gasteiger partial charge is 0.406 e. The Morgan fingerprint density at radius 2 is 1.59 bits per heavy atom. The third-order valence-corrected chi connectivity index (χ3v) is 3.58. The van der Waals surface area contributed by atoms with E-state index in [-0.39, 0.29) is 28.7 Å². The van der Waals surface area contributed by atoms with Gasteiger partial charge in [0.1, 0.15) is 5.75 Å². The Morgan fingerprint density at radius 3 is 2.17 bits per heavy atom. The highest BCUT2D eigenvalue weighted by atomic mass is 35.5. The normalized spacial score (nSPS) is 11.1. The number of anilines is 3. The highest BCUT2D eigenvalue weighted by Crippen LogP contribution is 2.26. The summed E-state index contributed by atoms with van der Waals surface area (Å²) in [5, 5.41) is 5.42. The molecule has 11 heteroatoms. The number of carbonyl (C=O) groups excluding carboxylic acids is 1. The van der Waals surface area contributed by atoms with E-state index in [2.05, 4.69) is 30.3 Å². The van der Waals surface area contributed by atoms with Crippen molar-refractivity contribution < 1.29 is 22.7 Å². The van der Waals surface area contributed by atoms with E-state index in [0.29, 0.717) is 16.9 Å². The van der Waals surface area contributed by atoms with Gasteiger partial charge in [0.05, 0.1) is 0 Å². The Hall–Kier alpha value is -3.40. The molecular weight excluding hydrogens is 411 g/mol. The minimum Gasteiger partial charge on any atom is -0.406 e. The Kier molecular flexibility index (Phi) is 5.83. The van der Waals surface area contributed by atoms with Crippen LogP contribution in [0, 0.1) is 0 Å². The first-order valence-electron chi connectivity index (χ1n) is 8.10. The van der Waals surface area contributed by atoms with Gasteiger partial charge in [-0.15, -0.1) is 13.2 Å². The number of halogens is 4. The molecule has 0 fully saturated rings. The van der Waals surface area contributed by atoms with Gasteiger partial charge in [0.2, 0.25) is 17.1 Å². The molecule has 0 spiro atoms. The zero-order valence-electron chi connectivity index (χ0n) is 14.8. The summed E-state index contributed by atoms with van der Waals surface area (Å²) in [6, 6.07) is 11.8. The third-order valence-electron chi connectivity index (χ3n) is 3.42. The van der Waals surface area contributed by atoms with E-state index in [4.69, 9.17) is 11.6 Å². The average Bonchev–Trinajstić information content (AvgIpc) is 2.62. The molecule has 0 bridgehead atoms. The second kappa shape index (κ2) is 8.31. The maximum atomic E-state index is 12.2. The number of carbonyl (C=O) groups is 1. The first kappa shape index (κ1) is 20.3. The molecule has 3 aromatic rings. The van der Waals surface area contributed by atoms with Crippen LogP contribution in [0.2, 0.25) is 5.28 Å². The van der Waals surface area contributed by atoms with E-state index in [1.54, 1.807) is 24.3 Å². The largest absolute Gasteiger partial charge is 0.573 e. The number of amides is 1. The SMILES string of the molecule is CC(=O)Nc1ccc(-c2nc(Cl)nc(Nc3ccc(OC(F)(F)F)cc3)n2)cc1. The summed E-state index contributed by atoms with van der Waals surface area (Å²) < 4.78 is 40.5. The number of hydrogen-bond acceptors (Lipinski definition) is 6. The predicted molar refractivity (Wildman–Crippen MR) is 101 cm³/mol. The van der Waals surface area contributed by atoms with Crippen molar-refractivity contribution in [3.63, 3.8) is 0 Å². The zero-order chi connectivity index (χ0) is 21.0. The second-order valence-corrected chi connectivity index (χ2v) is 6.05. The highest BCUT2D eigenvalue weighted by Gasteiger charge is 2.30. The van der Waals surface area contributed by atoms with E-state index in [9.17, 15) is 18.0 Å². The molecule has 0 saturated carbocycles. The summed E-state index contributed by atoms with van der Waals surface area (Å²) in [6.45, 7) is 1.40. The fourth-order valence-corrected chi connectivity index (χ4v) is 2.47. The lowest BCUT2D eigenvalue weighted by Gasteiger charge is -2.10. The lowest BCUT2D eigenvalue weighted by Crippen LogP contribution is -2.17. The number of alkyl halides is 3. The van der Waals surface area contributed by atoms with E-state index >= 15 is 0 Å². The summed E-state index contributed by atoms with van der Waals surface area (Å²) in [5.74, 6) is -0.162. The van der Waals surface area contributed by atoms with Crippen LogP contribution < -0.4 is 15.4 Å². The topological polar surface area (TPSA) is 89.0 Å². The third kappa shape index (κ3) is 6.04. The van der Waals surface area contributed by atoms with Gasteiger partial charge in [-0.2, -0.15) is 15.0 Å². The van der Waals surface area contributed by atoms with Crippen LogP contribution >= 0.6 is 11.6 Å². The second-order valence-electron chi connectivity index (χ2n) is 5.71. The quantitative estimate of drug-likeness (QED) is 0.613. The van der Waals surface area contributed by atoms with E-state index < -0.39 is 6.36 Å². The van der Waals surface area contributed by atoms with Crippen LogP contribution in [0.3, 0.4) is 0 Å². The molecule has 7 nitrogen and oxygen atoms in total. The number of nitrogens with one attached hydrogen (secondary N) is 2. The monoisotopic (exact) mass is 423 g/mol. The van der Waals surface area contributed by atoms with Gasteiger partial charge in [-0.3, -0.25) is 4.79 Å². The molecule has 2 aromatic carbocycles.